The zero-order chi connectivity index (χ0) is 29.7. The standard InChI is InChI=1S/C33H22N4O5S/c38-32-27(33(39)34-21-14-15-29-26(17-21)24-9-3-4-10-28(24)35-29)16-20-6-1-2-8-23(20)31(32)37-36-22-13-12-19-7-5-11-30(25(19)18-22)43(40,41)42/h1-18,35,38H,(H,34,39)(H,40,41,42)/b37-36-. The Kier molecular flexibility index (Phi) is 6.15. The number of nitrogens with zero attached hydrogens (tertiary/aromatic N) is 2. The van der Waals surface area contributed by atoms with E-state index in [2.05, 4.69) is 20.5 Å². The van der Waals surface area contributed by atoms with Crippen LogP contribution in [-0.4, -0.2) is 29.0 Å². The third-order valence-electron chi connectivity index (χ3n) is 7.37. The number of hydrogen-bond acceptors (Lipinski definition) is 6. The molecule has 0 saturated heterocycles. The quantitative estimate of drug-likeness (QED) is 0.119. The summed E-state index contributed by atoms with van der Waals surface area (Å²) in [6.07, 6.45) is 0. The summed E-state index contributed by atoms with van der Waals surface area (Å²) in [6.45, 7) is 0. The minimum atomic E-state index is -4.47. The number of fused-ring (bicyclic) bond motifs is 5. The summed E-state index contributed by atoms with van der Waals surface area (Å²) in [6, 6.07) is 31.5. The number of amides is 1. The van der Waals surface area contributed by atoms with Crippen molar-refractivity contribution in [2.24, 2.45) is 10.2 Å². The normalized spacial score (nSPS) is 12.1. The van der Waals surface area contributed by atoms with Crippen LogP contribution in [0.25, 0.3) is 43.4 Å². The van der Waals surface area contributed by atoms with Crippen molar-refractivity contribution in [3.05, 3.63) is 115 Å². The van der Waals surface area contributed by atoms with E-state index in [1.165, 1.54) is 18.2 Å². The van der Waals surface area contributed by atoms with E-state index in [0.717, 1.165) is 21.8 Å². The summed E-state index contributed by atoms with van der Waals surface area (Å²) in [5.74, 6) is -0.880. The number of aromatic amines is 1. The molecule has 10 heteroatoms. The molecule has 7 aromatic rings. The number of carbonyl (C=O) groups is 1. The first-order valence-corrected chi connectivity index (χ1v) is 14.7. The number of H-pyrrole nitrogens is 1. The number of benzene rings is 6. The molecule has 1 aromatic heterocycles. The highest BCUT2D eigenvalue weighted by atomic mass is 32.2. The van der Waals surface area contributed by atoms with Gasteiger partial charge in [0.15, 0.2) is 5.75 Å². The highest BCUT2D eigenvalue weighted by Crippen LogP contribution is 2.40. The van der Waals surface area contributed by atoms with Gasteiger partial charge in [-0.2, -0.15) is 13.5 Å². The number of nitrogens with one attached hydrogen (secondary N) is 2. The Balaban J connectivity index is 1.28. The lowest BCUT2D eigenvalue weighted by Crippen LogP contribution is -2.12. The molecule has 43 heavy (non-hydrogen) atoms. The molecule has 9 nitrogen and oxygen atoms in total. The second-order valence-electron chi connectivity index (χ2n) is 10.1. The molecule has 7 rings (SSSR count). The van der Waals surface area contributed by atoms with Crippen LogP contribution in [0.4, 0.5) is 17.1 Å². The fourth-order valence-electron chi connectivity index (χ4n) is 5.34. The average Bonchev–Trinajstić information content (AvgIpc) is 3.37. The molecule has 1 heterocycles. The summed E-state index contributed by atoms with van der Waals surface area (Å²) in [5.41, 5.74) is 2.87. The number of carbonyl (C=O) groups excluding carboxylic acids is 1. The number of phenols is 1. The fraction of sp³-hybridized carbons (Fsp3) is 0. The highest BCUT2D eigenvalue weighted by Gasteiger charge is 2.19. The Morgan fingerprint density at radius 2 is 1.44 bits per heavy atom. The van der Waals surface area contributed by atoms with Gasteiger partial charge in [0.05, 0.1) is 11.3 Å². The summed E-state index contributed by atoms with van der Waals surface area (Å²) >= 11 is 0. The molecule has 0 atom stereocenters. The minimum absolute atomic E-state index is 0.0128. The van der Waals surface area contributed by atoms with E-state index in [9.17, 15) is 22.9 Å². The van der Waals surface area contributed by atoms with Crippen molar-refractivity contribution in [2.75, 3.05) is 5.32 Å². The molecule has 6 aromatic carbocycles. The topological polar surface area (TPSA) is 144 Å². The van der Waals surface area contributed by atoms with Gasteiger partial charge in [-0.15, -0.1) is 5.11 Å². The number of aromatic hydroxyl groups is 1. The molecule has 0 aliphatic rings. The van der Waals surface area contributed by atoms with Crippen molar-refractivity contribution >= 4 is 76.4 Å². The van der Waals surface area contributed by atoms with Crippen LogP contribution >= 0.6 is 0 Å². The molecule has 0 bridgehead atoms. The zero-order valence-corrected chi connectivity index (χ0v) is 23.1. The monoisotopic (exact) mass is 586 g/mol. The number of phenolic OH excluding ortho intramolecular Hbond substituents is 1. The summed E-state index contributed by atoms with van der Waals surface area (Å²) in [5, 5.41) is 26.8. The Morgan fingerprint density at radius 3 is 2.28 bits per heavy atom. The summed E-state index contributed by atoms with van der Waals surface area (Å²) in [4.78, 5) is 16.6. The lowest BCUT2D eigenvalue weighted by Gasteiger charge is -2.11. The number of para-hydroxylation sites is 1. The van der Waals surface area contributed by atoms with Gasteiger partial charge in [0.25, 0.3) is 16.0 Å². The zero-order valence-electron chi connectivity index (χ0n) is 22.3. The number of rotatable bonds is 5. The van der Waals surface area contributed by atoms with Gasteiger partial charge in [-0.1, -0.05) is 60.7 Å². The molecule has 0 saturated carbocycles. The van der Waals surface area contributed by atoms with Crippen LogP contribution < -0.4 is 5.32 Å². The predicted molar refractivity (Wildman–Crippen MR) is 167 cm³/mol. The molecule has 210 valence electrons. The molecule has 0 aliphatic heterocycles. The maximum Gasteiger partial charge on any atom is 0.295 e. The third-order valence-corrected chi connectivity index (χ3v) is 8.28. The van der Waals surface area contributed by atoms with Crippen LogP contribution in [0.5, 0.6) is 5.75 Å². The van der Waals surface area contributed by atoms with Gasteiger partial charge in [-0.25, -0.2) is 0 Å². The van der Waals surface area contributed by atoms with Crippen molar-refractivity contribution in [1.82, 2.24) is 4.98 Å². The molecular weight excluding hydrogens is 564 g/mol. The molecular formula is C33H22N4O5S. The maximum absolute atomic E-state index is 13.5. The highest BCUT2D eigenvalue weighted by molar-refractivity contribution is 7.86. The molecule has 0 spiro atoms. The Bertz CT molecular complexity index is 2400. The van der Waals surface area contributed by atoms with Crippen LogP contribution in [0.15, 0.2) is 124 Å². The van der Waals surface area contributed by atoms with Crippen molar-refractivity contribution in [1.29, 1.82) is 0 Å². The first kappa shape index (κ1) is 26.3. The molecule has 0 fully saturated rings. The molecule has 0 unspecified atom stereocenters. The fourth-order valence-corrected chi connectivity index (χ4v) is 6.05. The number of aromatic nitrogens is 1. The second-order valence-corrected chi connectivity index (χ2v) is 11.5. The van der Waals surface area contributed by atoms with Crippen LogP contribution in [0.2, 0.25) is 0 Å². The second kappa shape index (κ2) is 10.1. The molecule has 0 radical (unpaired) electrons. The Labute approximate surface area is 244 Å². The number of azo groups is 1. The van der Waals surface area contributed by atoms with Gasteiger partial charge in [-0.05, 0) is 59.3 Å². The lowest BCUT2D eigenvalue weighted by atomic mass is 10.0. The van der Waals surface area contributed by atoms with Gasteiger partial charge in [0.2, 0.25) is 0 Å². The van der Waals surface area contributed by atoms with E-state index in [1.54, 1.807) is 48.5 Å². The van der Waals surface area contributed by atoms with Crippen LogP contribution in [0, 0.1) is 0 Å². The van der Waals surface area contributed by atoms with Crippen molar-refractivity contribution in [3.63, 3.8) is 0 Å². The number of hydrogen-bond donors (Lipinski definition) is 4. The van der Waals surface area contributed by atoms with E-state index in [-0.39, 0.29) is 33.0 Å². The minimum Gasteiger partial charge on any atom is -0.505 e. The van der Waals surface area contributed by atoms with Crippen LogP contribution in [0.1, 0.15) is 10.4 Å². The lowest BCUT2D eigenvalue weighted by molar-refractivity contribution is 0.102. The maximum atomic E-state index is 13.5. The first-order valence-electron chi connectivity index (χ1n) is 13.2. The van der Waals surface area contributed by atoms with Crippen molar-refractivity contribution in [2.45, 2.75) is 4.90 Å². The summed E-state index contributed by atoms with van der Waals surface area (Å²) in [7, 11) is -4.47. The van der Waals surface area contributed by atoms with Gasteiger partial charge < -0.3 is 15.4 Å². The van der Waals surface area contributed by atoms with Gasteiger partial charge in [-0.3, -0.25) is 9.35 Å². The Hall–Kier alpha value is -5.58. The SMILES string of the molecule is O=C(Nc1ccc2[nH]c3ccccc3c2c1)c1cc2ccccc2c(/N=N\c2ccc3cccc(S(=O)(=O)O)c3c2)c1O. The predicted octanol–water partition coefficient (Wildman–Crippen LogP) is 8.25. The van der Waals surface area contributed by atoms with E-state index < -0.39 is 16.0 Å². The van der Waals surface area contributed by atoms with Gasteiger partial charge in [0, 0.05) is 38.3 Å². The van der Waals surface area contributed by atoms with E-state index in [1.807, 2.05) is 42.5 Å². The molecule has 1 amide bonds. The van der Waals surface area contributed by atoms with Crippen LogP contribution in [-0.2, 0) is 10.1 Å². The van der Waals surface area contributed by atoms with E-state index >= 15 is 0 Å². The molecule has 0 aliphatic carbocycles. The molecule has 4 N–H and O–H groups in total. The smallest absolute Gasteiger partial charge is 0.295 e. The first-order chi connectivity index (χ1) is 20.8. The van der Waals surface area contributed by atoms with Crippen LogP contribution in [0.3, 0.4) is 0 Å². The third kappa shape index (κ3) is 4.74. The summed E-state index contributed by atoms with van der Waals surface area (Å²) < 4.78 is 33.5. The Morgan fingerprint density at radius 1 is 0.698 bits per heavy atom. The van der Waals surface area contributed by atoms with E-state index in [4.69, 9.17) is 0 Å². The largest absolute Gasteiger partial charge is 0.505 e. The van der Waals surface area contributed by atoms with Crippen molar-refractivity contribution in [3.8, 4) is 5.75 Å². The van der Waals surface area contributed by atoms with E-state index in [0.29, 0.717) is 21.8 Å². The van der Waals surface area contributed by atoms with Gasteiger partial charge >= 0.3 is 0 Å². The van der Waals surface area contributed by atoms with Gasteiger partial charge in [0.1, 0.15) is 10.6 Å². The average molecular weight is 587 g/mol. The van der Waals surface area contributed by atoms with Crippen molar-refractivity contribution < 1.29 is 22.9 Å². The number of anilines is 1.